The van der Waals surface area contributed by atoms with Crippen LogP contribution in [0.1, 0.15) is 11.5 Å². The molecular formula is C18H16ClN3OS. The predicted octanol–water partition coefficient (Wildman–Crippen LogP) is 4.73. The molecule has 3 rings (SSSR count). The van der Waals surface area contributed by atoms with Crippen LogP contribution < -0.4 is 5.32 Å². The number of hydrogen-bond acceptors (Lipinski definition) is 3. The molecule has 24 heavy (non-hydrogen) atoms. The van der Waals surface area contributed by atoms with Gasteiger partial charge in [-0.25, -0.2) is 0 Å². The molecule has 0 aliphatic rings. The van der Waals surface area contributed by atoms with E-state index in [0.717, 1.165) is 17.1 Å². The number of furan rings is 1. The fraction of sp³-hybridized carbons (Fsp3) is 0.111. The number of pyridine rings is 1. The Hall–Kier alpha value is -2.37. The smallest absolute Gasteiger partial charge is 0.174 e. The zero-order valence-corrected chi connectivity index (χ0v) is 14.4. The molecular weight excluding hydrogens is 342 g/mol. The van der Waals surface area contributed by atoms with E-state index in [0.29, 0.717) is 23.2 Å². The van der Waals surface area contributed by atoms with Gasteiger partial charge in [0.2, 0.25) is 0 Å². The summed E-state index contributed by atoms with van der Waals surface area (Å²) in [5.41, 5.74) is 1.82. The Morgan fingerprint density at radius 1 is 1.08 bits per heavy atom. The van der Waals surface area contributed by atoms with Crippen molar-refractivity contribution in [1.29, 1.82) is 0 Å². The minimum Gasteiger partial charge on any atom is -0.467 e. The fourth-order valence-electron chi connectivity index (χ4n) is 2.21. The summed E-state index contributed by atoms with van der Waals surface area (Å²) in [6.07, 6.45) is 3.43. The van der Waals surface area contributed by atoms with Gasteiger partial charge in [-0.1, -0.05) is 17.7 Å². The number of anilines is 1. The summed E-state index contributed by atoms with van der Waals surface area (Å²) in [4.78, 5) is 6.38. The minimum absolute atomic E-state index is 0.559. The second-order valence-electron chi connectivity index (χ2n) is 5.19. The molecule has 2 heterocycles. The average molecular weight is 358 g/mol. The SMILES string of the molecule is S=C(Nc1ccc(Cl)cc1)N(Cc1ccccn1)Cc1ccco1. The highest BCUT2D eigenvalue weighted by Gasteiger charge is 2.13. The van der Waals surface area contributed by atoms with Gasteiger partial charge in [0.25, 0.3) is 0 Å². The topological polar surface area (TPSA) is 41.3 Å². The van der Waals surface area contributed by atoms with E-state index in [1.165, 1.54) is 0 Å². The van der Waals surface area contributed by atoms with E-state index in [1.807, 2.05) is 59.5 Å². The van der Waals surface area contributed by atoms with Crippen molar-refractivity contribution in [2.24, 2.45) is 0 Å². The van der Waals surface area contributed by atoms with Gasteiger partial charge in [-0.3, -0.25) is 4.98 Å². The highest BCUT2D eigenvalue weighted by Crippen LogP contribution is 2.16. The summed E-state index contributed by atoms with van der Waals surface area (Å²) in [6, 6.07) is 17.0. The van der Waals surface area contributed by atoms with Crippen LogP contribution in [0.15, 0.2) is 71.5 Å². The number of thiocarbonyl (C=S) groups is 1. The first-order valence-corrected chi connectivity index (χ1v) is 8.23. The van der Waals surface area contributed by atoms with Crippen molar-refractivity contribution in [3.63, 3.8) is 0 Å². The van der Waals surface area contributed by atoms with Gasteiger partial charge < -0.3 is 14.6 Å². The summed E-state index contributed by atoms with van der Waals surface area (Å²) >= 11 is 11.5. The molecule has 0 unspecified atom stereocenters. The Bertz CT molecular complexity index is 776. The van der Waals surface area contributed by atoms with Crippen molar-refractivity contribution in [3.05, 3.63) is 83.5 Å². The quantitative estimate of drug-likeness (QED) is 0.669. The number of halogens is 1. The monoisotopic (exact) mass is 357 g/mol. The summed E-state index contributed by atoms with van der Waals surface area (Å²) in [6.45, 7) is 1.14. The third-order valence-corrected chi connectivity index (χ3v) is 4.00. The molecule has 0 radical (unpaired) electrons. The van der Waals surface area contributed by atoms with Crippen LogP contribution in [0.2, 0.25) is 5.02 Å². The van der Waals surface area contributed by atoms with Crippen LogP contribution in [0.4, 0.5) is 5.69 Å². The largest absolute Gasteiger partial charge is 0.467 e. The van der Waals surface area contributed by atoms with Gasteiger partial charge in [0.15, 0.2) is 5.11 Å². The molecule has 0 aliphatic heterocycles. The summed E-state index contributed by atoms with van der Waals surface area (Å²) in [5, 5.41) is 4.52. The van der Waals surface area contributed by atoms with Crippen molar-refractivity contribution in [2.75, 3.05) is 5.32 Å². The first-order valence-electron chi connectivity index (χ1n) is 7.44. The van der Waals surface area contributed by atoms with Gasteiger partial charge in [-0.2, -0.15) is 0 Å². The maximum Gasteiger partial charge on any atom is 0.174 e. The van der Waals surface area contributed by atoms with E-state index < -0.39 is 0 Å². The Morgan fingerprint density at radius 2 is 1.92 bits per heavy atom. The third-order valence-electron chi connectivity index (χ3n) is 3.39. The number of aromatic nitrogens is 1. The van der Waals surface area contributed by atoms with Gasteiger partial charge in [0, 0.05) is 16.9 Å². The zero-order chi connectivity index (χ0) is 16.8. The zero-order valence-electron chi connectivity index (χ0n) is 12.9. The van der Waals surface area contributed by atoms with E-state index in [4.69, 9.17) is 28.2 Å². The highest BCUT2D eigenvalue weighted by atomic mass is 35.5. The molecule has 4 nitrogen and oxygen atoms in total. The maximum atomic E-state index is 5.92. The molecule has 3 aromatic rings. The van der Waals surface area contributed by atoms with Gasteiger partial charge in [0.05, 0.1) is 25.0 Å². The van der Waals surface area contributed by atoms with Gasteiger partial charge in [-0.05, 0) is 60.7 Å². The van der Waals surface area contributed by atoms with Crippen molar-refractivity contribution in [2.45, 2.75) is 13.1 Å². The predicted molar refractivity (Wildman–Crippen MR) is 99.9 cm³/mol. The van der Waals surface area contributed by atoms with Gasteiger partial charge >= 0.3 is 0 Å². The molecule has 6 heteroatoms. The molecule has 2 aromatic heterocycles. The number of nitrogens with one attached hydrogen (secondary N) is 1. The van der Waals surface area contributed by atoms with Crippen LogP contribution in [-0.4, -0.2) is 15.0 Å². The minimum atomic E-state index is 0.559. The van der Waals surface area contributed by atoms with E-state index in [1.54, 1.807) is 12.5 Å². The number of benzene rings is 1. The molecule has 122 valence electrons. The molecule has 0 saturated heterocycles. The van der Waals surface area contributed by atoms with Crippen molar-refractivity contribution in [3.8, 4) is 0 Å². The Balaban J connectivity index is 1.74. The lowest BCUT2D eigenvalue weighted by atomic mass is 10.3. The maximum absolute atomic E-state index is 5.92. The molecule has 1 aromatic carbocycles. The summed E-state index contributed by atoms with van der Waals surface area (Å²) < 4.78 is 5.45. The fourth-order valence-corrected chi connectivity index (χ4v) is 2.59. The van der Waals surface area contributed by atoms with Crippen LogP contribution in [0.3, 0.4) is 0 Å². The van der Waals surface area contributed by atoms with E-state index in [2.05, 4.69) is 10.3 Å². The average Bonchev–Trinajstić information content (AvgIpc) is 3.10. The van der Waals surface area contributed by atoms with E-state index >= 15 is 0 Å². The molecule has 0 spiro atoms. The Labute approximate surface area is 151 Å². The van der Waals surface area contributed by atoms with E-state index in [-0.39, 0.29) is 0 Å². The summed E-state index contributed by atoms with van der Waals surface area (Å²) in [7, 11) is 0. The van der Waals surface area contributed by atoms with Crippen LogP contribution in [0.25, 0.3) is 0 Å². The highest BCUT2D eigenvalue weighted by molar-refractivity contribution is 7.80. The van der Waals surface area contributed by atoms with Crippen molar-refractivity contribution >= 4 is 34.6 Å². The normalized spacial score (nSPS) is 10.4. The second-order valence-corrected chi connectivity index (χ2v) is 6.02. The molecule has 0 atom stereocenters. The van der Waals surface area contributed by atoms with Crippen LogP contribution in [0, 0.1) is 0 Å². The van der Waals surface area contributed by atoms with Gasteiger partial charge in [-0.15, -0.1) is 0 Å². The molecule has 1 N–H and O–H groups in total. The Kier molecular flexibility index (Phi) is 5.46. The number of hydrogen-bond donors (Lipinski definition) is 1. The van der Waals surface area contributed by atoms with E-state index in [9.17, 15) is 0 Å². The van der Waals surface area contributed by atoms with Crippen molar-refractivity contribution in [1.82, 2.24) is 9.88 Å². The standard InChI is InChI=1S/C18H16ClN3OS/c19-14-6-8-15(9-7-14)21-18(24)22(13-17-5-3-11-23-17)12-16-4-1-2-10-20-16/h1-11H,12-13H2,(H,21,24). The number of nitrogens with zero attached hydrogens (tertiary/aromatic N) is 2. The Morgan fingerprint density at radius 3 is 2.58 bits per heavy atom. The third kappa shape index (κ3) is 4.57. The lowest BCUT2D eigenvalue weighted by molar-refractivity contribution is 0.357. The van der Waals surface area contributed by atoms with Crippen LogP contribution in [-0.2, 0) is 13.1 Å². The molecule has 0 fully saturated rings. The molecule has 0 saturated carbocycles. The molecule has 0 bridgehead atoms. The van der Waals surface area contributed by atoms with Crippen LogP contribution >= 0.6 is 23.8 Å². The van der Waals surface area contributed by atoms with Gasteiger partial charge in [0.1, 0.15) is 5.76 Å². The first kappa shape index (κ1) is 16.5. The van der Waals surface area contributed by atoms with Crippen molar-refractivity contribution < 1.29 is 4.42 Å². The lowest BCUT2D eigenvalue weighted by Crippen LogP contribution is -2.34. The summed E-state index contributed by atoms with van der Waals surface area (Å²) in [5.74, 6) is 0.839. The van der Waals surface area contributed by atoms with Crippen LogP contribution in [0.5, 0.6) is 0 Å². The molecule has 0 amide bonds. The lowest BCUT2D eigenvalue weighted by Gasteiger charge is -2.24. The second kappa shape index (κ2) is 7.95. The number of rotatable bonds is 5. The first-order chi connectivity index (χ1) is 11.7. The molecule has 0 aliphatic carbocycles.